The van der Waals surface area contributed by atoms with Gasteiger partial charge in [-0.1, -0.05) is 12.1 Å². The molecule has 72 valence electrons. The fourth-order valence-corrected chi connectivity index (χ4v) is 2.60. The van der Waals surface area contributed by atoms with E-state index in [9.17, 15) is 9.59 Å². The molecule has 0 radical (unpaired) electrons. The van der Waals surface area contributed by atoms with E-state index in [0.29, 0.717) is 22.6 Å². The van der Waals surface area contributed by atoms with Gasteiger partial charge in [0.05, 0.1) is 5.56 Å². The van der Waals surface area contributed by atoms with Gasteiger partial charge in [0.25, 0.3) is 0 Å². The van der Waals surface area contributed by atoms with Crippen molar-refractivity contribution >= 4 is 23.5 Å². The smallest absolute Gasteiger partial charge is 0.336 e. The van der Waals surface area contributed by atoms with Crippen LogP contribution in [-0.2, 0) is 0 Å². The van der Waals surface area contributed by atoms with Crippen LogP contribution in [0.1, 0.15) is 27.1 Å². The van der Waals surface area contributed by atoms with Crippen LogP contribution in [0.2, 0.25) is 0 Å². The Labute approximate surface area is 85.1 Å². The second-order valence-electron chi connectivity index (χ2n) is 3.01. The van der Waals surface area contributed by atoms with Gasteiger partial charge in [0.15, 0.2) is 5.78 Å². The number of ketones is 1. The molecule has 0 bridgehead atoms. The Morgan fingerprint density at radius 1 is 1.43 bits per heavy atom. The fourth-order valence-electron chi connectivity index (χ4n) is 1.46. The van der Waals surface area contributed by atoms with Crippen molar-refractivity contribution in [2.24, 2.45) is 0 Å². The summed E-state index contributed by atoms with van der Waals surface area (Å²) in [5.41, 5.74) is 0.793. The molecule has 0 atom stereocenters. The van der Waals surface area contributed by atoms with Crippen molar-refractivity contribution in [2.45, 2.75) is 11.3 Å². The summed E-state index contributed by atoms with van der Waals surface area (Å²) in [6, 6.07) is 4.84. The minimum Gasteiger partial charge on any atom is -0.478 e. The van der Waals surface area contributed by atoms with Crippen molar-refractivity contribution < 1.29 is 14.7 Å². The van der Waals surface area contributed by atoms with Crippen molar-refractivity contribution in [3.8, 4) is 0 Å². The molecule has 0 fully saturated rings. The van der Waals surface area contributed by atoms with E-state index in [0.717, 1.165) is 0 Å². The Bertz CT molecular complexity index is 398. The Morgan fingerprint density at radius 2 is 2.21 bits per heavy atom. The van der Waals surface area contributed by atoms with Crippen LogP contribution in [-0.4, -0.2) is 22.6 Å². The van der Waals surface area contributed by atoms with Crippen LogP contribution < -0.4 is 0 Å². The van der Waals surface area contributed by atoms with Gasteiger partial charge in [-0.25, -0.2) is 4.79 Å². The van der Waals surface area contributed by atoms with Gasteiger partial charge < -0.3 is 5.11 Å². The molecular weight excluding hydrogens is 200 g/mol. The molecule has 3 nitrogen and oxygen atoms in total. The van der Waals surface area contributed by atoms with Crippen LogP contribution in [0.25, 0.3) is 0 Å². The first-order chi connectivity index (χ1) is 6.70. The quantitative estimate of drug-likeness (QED) is 0.767. The Morgan fingerprint density at radius 3 is 2.93 bits per heavy atom. The zero-order valence-electron chi connectivity index (χ0n) is 7.32. The van der Waals surface area contributed by atoms with Crippen LogP contribution in [0.5, 0.6) is 0 Å². The molecule has 0 aromatic heterocycles. The molecule has 4 heteroatoms. The number of fused-ring (bicyclic) bond motifs is 1. The highest BCUT2D eigenvalue weighted by Gasteiger charge is 2.22. The lowest BCUT2D eigenvalue weighted by Gasteiger charge is -2.15. The molecule has 0 saturated carbocycles. The number of carbonyl (C=O) groups is 2. The van der Waals surface area contributed by atoms with Crippen molar-refractivity contribution in [2.75, 3.05) is 5.75 Å². The van der Waals surface area contributed by atoms with Gasteiger partial charge in [-0.3, -0.25) is 4.79 Å². The summed E-state index contributed by atoms with van der Waals surface area (Å²) in [5, 5.41) is 8.90. The number of rotatable bonds is 1. The average Bonchev–Trinajstić information content (AvgIpc) is 2.17. The summed E-state index contributed by atoms with van der Waals surface area (Å²) < 4.78 is 0. The molecule has 14 heavy (non-hydrogen) atoms. The van der Waals surface area contributed by atoms with Crippen LogP contribution in [0.15, 0.2) is 23.1 Å². The van der Waals surface area contributed by atoms with Gasteiger partial charge in [-0.05, 0) is 6.07 Å². The van der Waals surface area contributed by atoms with Gasteiger partial charge in [0, 0.05) is 22.6 Å². The predicted octanol–water partition coefficient (Wildman–Crippen LogP) is 2.06. The van der Waals surface area contributed by atoms with Gasteiger partial charge in [0.2, 0.25) is 0 Å². The summed E-state index contributed by atoms with van der Waals surface area (Å²) in [6.07, 6.45) is 0.501. The third kappa shape index (κ3) is 1.42. The SMILES string of the molecule is O=C(O)c1cccc2c1SCCC2=O. The largest absolute Gasteiger partial charge is 0.478 e. The van der Waals surface area contributed by atoms with E-state index in [4.69, 9.17) is 5.11 Å². The van der Waals surface area contributed by atoms with Gasteiger partial charge in [-0.15, -0.1) is 11.8 Å². The first-order valence-corrected chi connectivity index (χ1v) is 5.21. The monoisotopic (exact) mass is 208 g/mol. The number of Topliss-reactive ketones (excluding diaryl/α,β-unsaturated/α-hetero) is 1. The second kappa shape index (κ2) is 3.46. The lowest BCUT2D eigenvalue weighted by atomic mass is 10.0. The van der Waals surface area contributed by atoms with E-state index in [2.05, 4.69) is 0 Å². The summed E-state index contributed by atoms with van der Waals surface area (Å²) in [6.45, 7) is 0. The molecule has 0 aliphatic carbocycles. The van der Waals surface area contributed by atoms with E-state index in [-0.39, 0.29) is 11.3 Å². The van der Waals surface area contributed by atoms with E-state index in [1.807, 2.05) is 0 Å². The maximum absolute atomic E-state index is 11.5. The normalized spacial score (nSPS) is 15.0. The molecule has 0 amide bonds. The number of aromatic carboxylic acids is 1. The molecule has 0 unspecified atom stereocenters. The van der Waals surface area contributed by atoms with E-state index in [1.165, 1.54) is 17.8 Å². The highest BCUT2D eigenvalue weighted by Crippen LogP contribution is 2.32. The van der Waals surface area contributed by atoms with Gasteiger partial charge in [0.1, 0.15) is 0 Å². The third-order valence-electron chi connectivity index (χ3n) is 2.12. The van der Waals surface area contributed by atoms with E-state index in [1.54, 1.807) is 12.1 Å². The molecule has 0 saturated heterocycles. The fraction of sp³-hybridized carbons (Fsp3) is 0.200. The number of hydrogen-bond donors (Lipinski definition) is 1. The number of thioether (sulfide) groups is 1. The highest BCUT2D eigenvalue weighted by molar-refractivity contribution is 7.99. The van der Waals surface area contributed by atoms with Gasteiger partial charge >= 0.3 is 5.97 Å². The van der Waals surface area contributed by atoms with Crippen LogP contribution in [0.3, 0.4) is 0 Å². The van der Waals surface area contributed by atoms with Crippen molar-refractivity contribution in [3.63, 3.8) is 0 Å². The van der Waals surface area contributed by atoms with Crippen LogP contribution >= 0.6 is 11.8 Å². The molecule has 1 aromatic rings. The molecule has 2 rings (SSSR count). The third-order valence-corrected chi connectivity index (χ3v) is 3.26. The summed E-state index contributed by atoms with van der Waals surface area (Å²) in [7, 11) is 0. The lowest BCUT2D eigenvalue weighted by Crippen LogP contribution is -2.12. The molecule has 1 aromatic carbocycles. The first-order valence-electron chi connectivity index (χ1n) is 4.22. The number of benzene rings is 1. The minimum absolute atomic E-state index is 0.0434. The van der Waals surface area contributed by atoms with Crippen LogP contribution in [0.4, 0.5) is 0 Å². The Balaban J connectivity index is 2.60. The predicted molar refractivity (Wildman–Crippen MR) is 53.1 cm³/mol. The summed E-state index contributed by atoms with van der Waals surface area (Å²) >= 11 is 1.45. The maximum Gasteiger partial charge on any atom is 0.336 e. The zero-order chi connectivity index (χ0) is 10.1. The molecule has 1 N–H and O–H groups in total. The van der Waals surface area contributed by atoms with Crippen molar-refractivity contribution in [3.05, 3.63) is 29.3 Å². The Hall–Kier alpha value is -1.29. The molecule has 1 aliphatic heterocycles. The average molecular weight is 208 g/mol. The number of carbonyl (C=O) groups excluding carboxylic acids is 1. The highest BCUT2D eigenvalue weighted by atomic mass is 32.2. The lowest BCUT2D eigenvalue weighted by molar-refractivity contribution is 0.0693. The molecule has 0 spiro atoms. The molecular formula is C10H8O3S. The topological polar surface area (TPSA) is 54.4 Å². The first kappa shape index (κ1) is 9.27. The van der Waals surface area contributed by atoms with Gasteiger partial charge in [-0.2, -0.15) is 0 Å². The second-order valence-corrected chi connectivity index (χ2v) is 4.11. The minimum atomic E-state index is -0.968. The van der Waals surface area contributed by atoms with E-state index < -0.39 is 5.97 Å². The van der Waals surface area contributed by atoms with Crippen molar-refractivity contribution in [1.82, 2.24) is 0 Å². The van der Waals surface area contributed by atoms with Crippen molar-refractivity contribution in [1.29, 1.82) is 0 Å². The summed E-state index contributed by atoms with van der Waals surface area (Å²) in [4.78, 5) is 22.9. The Kier molecular flexibility index (Phi) is 2.29. The standard InChI is InChI=1S/C10H8O3S/c11-8-4-5-14-9-6(8)2-1-3-7(9)10(12)13/h1-3H,4-5H2,(H,12,13). The van der Waals surface area contributed by atoms with Crippen LogP contribution in [0, 0.1) is 0 Å². The number of carboxylic acid groups (broad SMARTS) is 1. The number of hydrogen-bond acceptors (Lipinski definition) is 3. The summed E-state index contributed by atoms with van der Waals surface area (Å²) in [5.74, 6) is -0.248. The molecule has 1 heterocycles. The molecule has 1 aliphatic rings. The van der Waals surface area contributed by atoms with E-state index >= 15 is 0 Å². The number of carboxylic acids is 1. The zero-order valence-corrected chi connectivity index (χ0v) is 8.13. The maximum atomic E-state index is 11.5.